The van der Waals surface area contributed by atoms with Crippen molar-refractivity contribution in [2.24, 2.45) is 5.92 Å². The van der Waals surface area contributed by atoms with E-state index in [-0.39, 0.29) is 6.03 Å². The van der Waals surface area contributed by atoms with Crippen molar-refractivity contribution in [3.8, 4) is 17.2 Å². The molecular formula is C21H26N2O4. The Kier molecular flexibility index (Phi) is 6.93. The van der Waals surface area contributed by atoms with Gasteiger partial charge in [0.2, 0.25) is 0 Å². The number of methoxy groups -OCH3 is 1. The van der Waals surface area contributed by atoms with Crippen molar-refractivity contribution >= 4 is 11.7 Å². The summed E-state index contributed by atoms with van der Waals surface area (Å²) in [5.74, 6) is 2.67. The predicted octanol–water partition coefficient (Wildman–Crippen LogP) is 4.43. The molecule has 0 aliphatic carbocycles. The van der Waals surface area contributed by atoms with Gasteiger partial charge in [-0.05, 0) is 61.6 Å². The summed E-state index contributed by atoms with van der Waals surface area (Å²) in [6, 6.07) is 14.5. The van der Waals surface area contributed by atoms with Crippen LogP contribution in [0.3, 0.4) is 0 Å². The Hall–Kier alpha value is -2.73. The highest BCUT2D eigenvalue weighted by molar-refractivity contribution is 5.89. The quantitative estimate of drug-likeness (QED) is 0.757. The van der Waals surface area contributed by atoms with Crippen LogP contribution < -0.4 is 20.1 Å². The Balaban J connectivity index is 1.43. The summed E-state index contributed by atoms with van der Waals surface area (Å²) in [7, 11) is 1.62. The van der Waals surface area contributed by atoms with Crippen LogP contribution in [-0.4, -0.2) is 32.9 Å². The van der Waals surface area contributed by atoms with Crippen LogP contribution in [0.25, 0.3) is 0 Å². The summed E-state index contributed by atoms with van der Waals surface area (Å²) >= 11 is 0. The molecule has 0 saturated carbocycles. The van der Waals surface area contributed by atoms with Crippen LogP contribution in [0.1, 0.15) is 19.3 Å². The van der Waals surface area contributed by atoms with E-state index < -0.39 is 0 Å². The van der Waals surface area contributed by atoms with Gasteiger partial charge in [-0.25, -0.2) is 4.79 Å². The third-order valence-electron chi connectivity index (χ3n) is 4.48. The van der Waals surface area contributed by atoms with Crippen molar-refractivity contribution in [2.75, 3.05) is 32.2 Å². The van der Waals surface area contributed by atoms with Crippen LogP contribution in [0, 0.1) is 5.92 Å². The van der Waals surface area contributed by atoms with E-state index in [9.17, 15) is 4.79 Å². The van der Waals surface area contributed by atoms with Gasteiger partial charge in [-0.15, -0.1) is 0 Å². The van der Waals surface area contributed by atoms with E-state index in [4.69, 9.17) is 14.2 Å². The number of amides is 2. The van der Waals surface area contributed by atoms with Gasteiger partial charge in [0.05, 0.1) is 7.11 Å². The average Bonchev–Trinajstić information content (AvgIpc) is 2.70. The maximum Gasteiger partial charge on any atom is 0.319 e. The topological polar surface area (TPSA) is 68.8 Å². The second-order valence-corrected chi connectivity index (χ2v) is 6.56. The minimum Gasteiger partial charge on any atom is -0.497 e. The van der Waals surface area contributed by atoms with E-state index >= 15 is 0 Å². The molecule has 6 heteroatoms. The molecule has 2 aromatic rings. The molecule has 0 radical (unpaired) electrons. The third-order valence-corrected chi connectivity index (χ3v) is 4.48. The Bertz CT molecular complexity index is 727. The van der Waals surface area contributed by atoms with Crippen LogP contribution in [-0.2, 0) is 4.74 Å². The lowest BCUT2D eigenvalue weighted by atomic mass is 9.99. The molecule has 27 heavy (non-hydrogen) atoms. The maximum atomic E-state index is 12.0. The Labute approximate surface area is 159 Å². The lowest BCUT2D eigenvalue weighted by Gasteiger charge is -2.21. The molecule has 0 aromatic heterocycles. The van der Waals surface area contributed by atoms with Gasteiger partial charge in [-0.3, -0.25) is 0 Å². The second kappa shape index (κ2) is 9.83. The largest absolute Gasteiger partial charge is 0.497 e. The molecule has 0 unspecified atom stereocenters. The molecule has 6 nitrogen and oxygen atoms in total. The van der Waals surface area contributed by atoms with Gasteiger partial charge in [-0.1, -0.05) is 6.07 Å². The third kappa shape index (κ3) is 6.18. The molecule has 1 aliphatic rings. The van der Waals surface area contributed by atoms with Gasteiger partial charge in [0, 0.05) is 31.5 Å². The molecule has 1 saturated heterocycles. The number of benzene rings is 2. The number of carbonyl (C=O) groups excluding carboxylic acids is 1. The minimum atomic E-state index is -0.201. The molecule has 144 valence electrons. The number of hydrogen-bond donors (Lipinski definition) is 2. The summed E-state index contributed by atoms with van der Waals surface area (Å²) in [6.07, 6.45) is 3.24. The molecule has 1 aliphatic heterocycles. The smallest absolute Gasteiger partial charge is 0.319 e. The number of anilines is 1. The first-order valence-corrected chi connectivity index (χ1v) is 9.27. The summed E-state index contributed by atoms with van der Waals surface area (Å²) in [5, 5.41) is 5.73. The number of nitrogens with one attached hydrogen (secondary N) is 2. The molecule has 0 bridgehead atoms. The van der Waals surface area contributed by atoms with Crippen LogP contribution in [0.5, 0.6) is 17.2 Å². The molecule has 1 atom stereocenters. The maximum absolute atomic E-state index is 12.0. The van der Waals surface area contributed by atoms with Crippen molar-refractivity contribution in [3.05, 3.63) is 48.5 Å². The highest BCUT2D eigenvalue weighted by Crippen LogP contribution is 2.26. The first-order valence-electron chi connectivity index (χ1n) is 9.27. The van der Waals surface area contributed by atoms with Crippen LogP contribution >= 0.6 is 0 Å². The number of carbonyl (C=O) groups is 1. The zero-order chi connectivity index (χ0) is 18.9. The standard InChI is InChI=1S/C21H26N2O4/c1-25-19-5-2-6-20(14-19)27-18-9-7-17(8-10-18)23-21(24)22-12-11-16-4-3-13-26-15-16/h2,5-10,14,16H,3-4,11-13,15H2,1H3,(H2,22,23,24)/t16-/m0/s1. The molecule has 2 amide bonds. The SMILES string of the molecule is COc1cccc(Oc2ccc(NC(=O)NCC[C@@H]3CCCOC3)cc2)c1. The van der Waals surface area contributed by atoms with E-state index in [2.05, 4.69) is 10.6 Å². The number of hydrogen-bond acceptors (Lipinski definition) is 4. The van der Waals surface area contributed by atoms with Crippen LogP contribution in [0.4, 0.5) is 10.5 Å². The van der Waals surface area contributed by atoms with E-state index in [0.29, 0.717) is 29.6 Å². The van der Waals surface area contributed by atoms with E-state index in [1.165, 1.54) is 6.42 Å². The highest BCUT2D eigenvalue weighted by Gasteiger charge is 2.13. The lowest BCUT2D eigenvalue weighted by molar-refractivity contribution is 0.0520. The summed E-state index contributed by atoms with van der Waals surface area (Å²) in [6.45, 7) is 2.32. The van der Waals surface area contributed by atoms with E-state index in [0.717, 1.165) is 31.8 Å². The average molecular weight is 370 g/mol. The Morgan fingerprint density at radius 1 is 1.15 bits per heavy atom. The van der Waals surface area contributed by atoms with Crippen LogP contribution in [0.2, 0.25) is 0 Å². The molecule has 0 spiro atoms. The Morgan fingerprint density at radius 2 is 1.96 bits per heavy atom. The van der Waals surface area contributed by atoms with Gasteiger partial charge in [0.15, 0.2) is 0 Å². The number of ether oxygens (including phenoxy) is 3. The first kappa shape index (κ1) is 19.0. The zero-order valence-corrected chi connectivity index (χ0v) is 15.6. The van der Waals surface area contributed by atoms with Crippen molar-refractivity contribution in [2.45, 2.75) is 19.3 Å². The lowest BCUT2D eigenvalue weighted by Crippen LogP contribution is -2.31. The van der Waals surface area contributed by atoms with Crippen molar-refractivity contribution in [1.29, 1.82) is 0 Å². The fourth-order valence-corrected chi connectivity index (χ4v) is 3.01. The zero-order valence-electron chi connectivity index (χ0n) is 15.6. The van der Waals surface area contributed by atoms with E-state index in [1.807, 2.05) is 48.5 Å². The van der Waals surface area contributed by atoms with Crippen LogP contribution in [0.15, 0.2) is 48.5 Å². The number of urea groups is 1. The number of rotatable bonds is 7. The molecule has 3 rings (SSSR count). The van der Waals surface area contributed by atoms with Crippen molar-refractivity contribution in [1.82, 2.24) is 5.32 Å². The van der Waals surface area contributed by atoms with Crippen molar-refractivity contribution < 1.29 is 19.0 Å². The van der Waals surface area contributed by atoms with Gasteiger partial charge in [0.1, 0.15) is 17.2 Å². The second-order valence-electron chi connectivity index (χ2n) is 6.56. The van der Waals surface area contributed by atoms with Gasteiger partial charge in [0.25, 0.3) is 0 Å². The summed E-state index contributed by atoms with van der Waals surface area (Å²) in [4.78, 5) is 12.0. The first-order chi connectivity index (χ1) is 13.2. The molecule has 2 aromatic carbocycles. The van der Waals surface area contributed by atoms with Crippen molar-refractivity contribution in [3.63, 3.8) is 0 Å². The normalized spacial score (nSPS) is 16.4. The molecule has 1 fully saturated rings. The Morgan fingerprint density at radius 3 is 2.70 bits per heavy atom. The van der Waals surface area contributed by atoms with E-state index in [1.54, 1.807) is 7.11 Å². The monoisotopic (exact) mass is 370 g/mol. The summed E-state index contributed by atoms with van der Waals surface area (Å²) in [5.41, 5.74) is 0.714. The molecule has 2 N–H and O–H groups in total. The highest BCUT2D eigenvalue weighted by atomic mass is 16.5. The van der Waals surface area contributed by atoms with Gasteiger partial charge < -0.3 is 24.8 Å². The minimum absolute atomic E-state index is 0.201. The molecule has 1 heterocycles. The summed E-state index contributed by atoms with van der Waals surface area (Å²) < 4.78 is 16.4. The van der Waals surface area contributed by atoms with Gasteiger partial charge >= 0.3 is 6.03 Å². The fourth-order valence-electron chi connectivity index (χ4n) is 3.01. The van der Waals surface area contributed by atoms with Gasteiger partial charge in [-0.2, -0.15) is 0 Å². The predicted molar refractivity (Wildman–Crippen MR) is 105 cm³/mol. The molecular weight excluding hydrogens is 344 g/mol. The fraction of sp³-hybridized carbons (Fsp3) is 0.381.